The Morgan fingerprint density at radius 2 is 2.16 bits per heavy atom. The molecule has 1 aliphatic carbocycles. The molecule has 1 saturated carbocycles. The maximum Gasteiger partial charge on any atom is 0.191 e. The minimum absolute atomic E-state index is 0.186. The van der Waals surface area contributed by atoms with Crippen molar-refractivity contribution in [1.29, 1.82) is 0 Å². The highest BCUT2D eigenvalue weighted by Crippen LogP contribution is 2.39. The van der Waals surface area contributed by atoms with E-state index in [1.165, 1.54) is 16.6 Å². The number of aliphatic hydroxyl groups is 1. The average Bonchev–Trinajstić information content (AvgIpc) is 3.33. The number of benzene rings is 1. The molecule has 2 aromatic heterocycles. The van der Waals surface area contributed by atoms with Crippen molar-refractivity contribution >= 4 is 29.2 Å². The van der Waals surface area contributed by atoms with Gasteiger partial charge in [0.25, 0.3) is 0 Å². The predicted molar refractivity (Wildman–Crippen MR) is 125 cm³/mol. The molecule has 4 rings (SSSR count). The van der Waals surface area contributed by atoms with Gasteiger partial charge in [-0.25, -0.2) is 0 Å². The summed E-state index contributed by atoms with van der Waals surface area (Å²) in [6.45, 7) is 2.16. The van der Waals surface area contributed by atoms with Crippen LogP contribution in [0, 0.1) is 0 Å². The molecule has 1 atom stereocenters. The van der Waals surface area contributed by atoms with Crippen molar-refractivity contribution in [2.24, 2.45) is 0 Å². The molecule has 0 bridgehead atoms. The van der Waals surface area contributed by atoms with E-state index >= 15 is 0 Å². The molecule has 164 valence electrons. The van der Waals surface area contributed by atoms with Crippen molar-refractivity contribution in [2.75, 3.05) is 19.5 Å². The van der Waals surface area contributed by atoms with Crippen LogP contribution < -0.4 is 9.47 Å². The number of methoxy groups -OCH3 is 1. The molecular weight excluding hydrogens is 430 g/mol. The summed E-state index contributed by atoms with van der Waals surface area (Å²) in [4.78, 5) is 1.29. The van der Waals surface area contributed by atoms with Gasteiger partial charge in [0.2, 0.25) is 0 Å². The van der Waals surface area contributed by atoms with Crippen LogP contribution in [0.5, 0.6) is 11.5 Å². The summed E-state index contributed by atoms with van der Waals surface area (Å²) in [5.74, 6) is 2.77. The van der Waals surface area contributed by atoms with Crippen molar-refractivity contribution < 1.29 is 14.6 Å². The fraction of sp³-hybridized carbons (Fsp3) is 0.391. The third-order valence-electron chi connectivity index (χ3n) is 4.94. The molecule has 0 saturated heterocycles. The number of aromatic nitrogens is 3. The summed E-state index contributed by atoms with van der Waals surface area (Å²) in [7, 11) is 1.62. The van der Waals surface area contributed by atoms with Gasteiger partial charge in [0.05, 0.1) is 13.2 Å². The number of nitrogens with zero attached hydrogens (tertiary/aromatic N) is 3. The molecule has 0 radical (unpaired) electrons. The number of hydrogen-bond donors (Lipinski definition) is 1. The van der Waals surface area contributed by atoms with Crippen LogP contribution >= 0.6 is 23.1 Å². The summed E-state index contributed by atoms with van der Waals surface area (Å²) in [5, 5.41) is 22.3. The van der Waals surface area contributed by atoms with Crippen LogP contribution in [-0.2, 0) is 6.42 Å². The molecule has 1 aliphatic rings. The molecule has 6 nitrogen and oxygen atoms in total. The van der Waals surface area contributed by atoms with Gasteiger partial charge in [-0.1, -0.05) is 36.0 Å². The number of aliphatic hydroxyl groups excluding tert-OH is 1. The van der Waals surface area contributed by atoms with Gasteiger partial charge in [-0.05, 0) is 48.9 Å². The minimum atomic E-state index is -0.630. The highest BCUT2D eigenvalue weighted by Gasteiger charge is 2.30. The van der Waals surface area contributed by atoms with E-state index in [2.05, 4.69) is 32.3 Å². The Kier molecular flexibility index (Phi) is 7.32. The Morgan fingerprint density at radius 1 is 1.29 bits per heavy atom. The van der Waals surface area contributed by atoms with Crippen LogP contribution in [0.15, 0.2) is 46.9 Å². The quantitative estimate of drug-likeness (QED) is 0.416. The zero-order valence-electron chi connectivity index (χ0n) is 17.7. The zero-order chi connectivity index (χ0) is 21.6. The van der Waals surface area contributed by atoms with Gasteiger partial charge in [-0.3, -0.25) is 0 Å². The summed E-state index contributed by atoms with van der Waals surface area (Å²) >= 11 is 3.27. The van der Waals surface area contributed by atoms with Crippen LogP contribution in [0.4, 0.5) is 0 Å². The zero-order valence-corrected chi connectivity index (χ0v) is 19.4. The first kappa shape index (κ1) is 21.9. The van der Waals surface area contributed by atoms with Crippen LogP contribution in [-0.4, -0.2) is 45.4 Å². The molecule has 1 aromatic carbocycles. The Morgan fingerprint density at radius 3 is 2.87 bits per heavy atom. The second-order valence-electron chi connectivity index (χ2n) is 7.44. The summed E-state index contributed by atoms with van der Waals surface area (Å²) in [6, 6.07) is 10.4. The van der Waals surface area contributed by atoms with E-state index in [-0.39, 0.29) is 6.61 Å². The standard InChI is InChI=1S/C23H27N3O3S2/c1-3-5-16-7-10-20(21(12-16)28-2)29-14-18(27)15-31-23-25-24-22(26(23)17-8-9-17)13-19-6-4-11-30-19/h3-7,10-12,17-18,27H,8-9,13-15H2,1-2H3/b5-3+. The minimum Gasteiger partial charge on any atom is -0.493 e. The molecule has 1 fully saturated rings. The van der Waals surface area contributed by atoms with Gasteiger partial charge in [-0.15, -0.1) is 21.5 Å². The third-order valence-corrected chi connectivity index (χ3v) is 6.91. The topological polar surface area (TPSA) is 69.4 Å². The lowest BCUT2D eigenvalue weighted by Crippen LogP contribution is -2.20. The van der Waals surface area contributed by atoms with E-state index in [0.29, 0.717) is 23.3 Å². The van der Waals surface area contributed by atoms with Crippen molar-refractivity contribution in [3.63, 3.8) is 0 Å². The molecule has 0 aliphatic heterocycles. The highest BCUT2D eigenvalue weighted by atomic mass is 32.2. The Balaban J connectivity index is 1.34. The summed E-state index contributed by atoms with van der Waals surface area (Å²) in [5.41, 5.74) is 1.04. The third kappa shape index (κ3) is 5.70. The summed E-state index contributed by atoms with van der Waals surface area (Å²) < 4.78 is 13.5. The van der Waals surface area contributed by atoms with E-state index in [9.17, 15) is 5.11 Å². The molecule has 8 heteroatoms. The van der Waals surface area contributed by atoms with Crippen molar-refractivity contribution in [1.82, 2.24) is 14.8 Å². The normalized spacial score (nSPS) is 14.8. The number of allylic oxidation sites excluding steroid dienone is 1. The average molecular weight is 458 g/mol. The van der Waals surface area contributed by atoms with E-state index in [1.54, 1.807) is 18.4 Å². The van der Waals surface area contributed by atoms with Crippen LogP contribution in [0.25, 0.3) is 6.08 Å². The first-order valence-electron chi connectivity index (χ1n) is 10.4. The first-order valence-corrected chi connectivity index (χ1v) is 12.2. The van der Waals surface area contributed by atoms with E-state index in [4.69, 9.17) is 9.47 Å². The molecule has 3 aromatic rings. The fourth-order valence-electron chi connectivity index (χ4n) is 3.30. The number of rotatable bonds is 11. The maximum atomic E-state index is 10.5. The lowest BCUT2D eigenvalue weighted by atomic mass is 10.2. The molecule has 0 amide bonds. The van der Waals surface area contributed by atoms with Crippen molar-refractivity contribution in [2.45, 2.75) is 43.5 Å². The fourth-order valence-corrected chi connectivity index (χ4v) is 4.93. The SMILES string of the molecule is C/C=C/c1ccc(OCC(O)CSc2nnc(Cc3cccs3)n2C2CC2)c(OC)c1. The highest BCUT2D eigenvalue weighted by molar-refractivity contribution is 7.99. The number of hydrogen-bond acceptors (Lipinski definition) is 7. The maximum absolute atomic E-state index is 10.5. The van der Waals surface area contributed by atoms with E-state index in [0.717, 1.165) is 35.8 Å². The van der Waals surface area contributed by atoms with Crippen molar-refractivity contribution in [3.05, 3.63) is 58.1 Å². The van der Waals surface area contributed by atoms with E-state index in [1.807, 2.05) is 37.3 Å². The molecule has 31 heavy (non-hydrogen) atoms. The Bertz CT molecular complexity index is 1010. The van der Waals surface area contributed by atoms with Gasteiger partial charge < -0.3 is 19.1 Å². The smallest absolute Gasteiger partial charge is 0.191 e. The lowest BCUT2D eigenvalue weighted by Gasteiger charge is -2.15. The second kappa shape index (κ2) is 10.3. The van der Waals surface area contributed by atoms with Gasteiger partial charge in [0, 0.05) is 23.1 Å². The largest absolute Gasteiger partial charge is 0.493 e. The lowest BCUT2D eigenvalue weighted by molar-refractivity contribution is 0.124. The molecule has 1 unspecified atom stereocenters. The van der Waals surface area contributed by atoms with Gasteiger partial charge >= 0.3 is 0 Å². The van der Waals surface area contributed by atoms with Gasteiger partial charge in [0.1, 0.15) is 12.4 Å². The predicted octanol–water partition coefficient (Wildman–Crippen LogP) is 4.84. The Labute approximate surface area is 190 Å². The van der Waals surface area contributed by atoms with E-state index < -0.39 is 6.10 Å². The van der Waals surface area contributed by atoms with Crippen LogP contribution in [0.2, 0.25) is 0 Å². The monoisotopic (exact) mass is 457 g/mol. The van der Waals surface area contributed by atoms with Crippen LogP contribution in [0.3, 0.4) is 0 Å². The molecule has 2 heterocycles. The first-order chi connectivity index (χ1) is 15.2. The number of ether oxygens (including phenoxy) is 2. The molecular formula is C23H27N3O3S2. The molecule has 0 spiro atoms. The summed E-state index contributed by atoms with van der Waals surface area (Å²) in [6.07, 6.45) is 6.48. The molecule has 1 N–H and O–H groups in total. The van der Waals surface area contributed by atoms with Crippen molar-refractivity contribution in [3.8, 4) is 11.5 Å². The second-order valence-corrected chi connectivity index (χ2v) is 9.46. The van der Waals surface area contributed by atoms with Gasteiger partial charge in [0.15, 0.2) is 16.7 Å². The Hall–Kier alpha value is -2.29. The number of thiophene rings is 1. The van der Waals surface area contributed by atoms with Crippen LogP contribution in [0.1, 0.15) is 42.1 Å². The van der Waals surface area contributed by atoms with Gasteiger partial charge in [-0.2, -0.15) is 0 Å². The number of thioether (sulfide) groups is 1.